The first-order valence-corrected chi connectivity index (χ1v) is 10.2. The molecule has 0 radical (unpaired) electrons. The van der Waals surface area contributed by atoms with E-state index < -0.39 is 17.9 Å². The molecule has 32 heavy (non-hydrogen) atoms. The summed E-state index contributed by atoms with van der Waals surface area (Å²) >= 11 is 0. The molecule has 5 N–H and O–H groups in total. The zero-order valence-corrected chi connectivity index (χ0v) is 18.5. The predicted octanol–water partition coefficient (Wildman–Crippen LogP) is 3.62. The van der Waals surface area contributed by atoms with E-state index in [0.29, 0.717) is 11.3 Å². The van der Waals surface area contributed by atoms with Crippen molar-refractivity contribution >= 4 is 17.6 Å². The highest BCUT2D eigenvalue weighted by Crippen LogP contribution is 2.28. The van der Waals surface area contributed by atoms with Crippen LogP contribution in [0.2, 0.25) is 0 Å². The van der Waals surface area contributed by atoms with E-state index in [-0.39, 0.29) is 22.8 Å². The van der Waals surface area contributed by atoms with Crippen molar-refractivity contribution in [3.05, 3.63) is 65.9 Å². The van der Waals surface area contributed by atoms with Crippen LogP contribution in [0.15, 0.2) is 54.6 Å². The van der Waals surface area contributed by atoms with Crippen molar-refractivity contribution in [2.75, 3.05) is 5.32 Å². The van der Waals surface area contributed by atoms with E-state index in [1.165, 1.54) is 11.6 Å². The molecule has 3 rings (SSSR count). The van der Waals surface area contributed by atoms with Gasteiger partial charge in [-0.1, -0.05) is 32.9 Å². The third-order valence-corrected chi connectivity index (χ3v) is 4.84. The summed E-state index contributed by atoms with van der Waals surface area (Å²) in [6, 6.07) is 15.8. The van der Waals surface area contributed by atoms with Crippen LogP contribution >= 0.6 is 0 Å². The monoisotopic (exact) mass is 433 g/mol. The normalized spacial score (nSPS) is 12.1. The minimum Gasteiger partial charge on any atom is -0.457 e. The van der Waals surface area contributed by atoms with Crippen molar-refractivity contribution in [1.82, 2.24) is 9.97 Å². The van der Waals surface area contributed by atoms with Crippen molar-refractivity contribution in [1.29, 1.82) is 0 Å². The number of aromatic nitrogens is 2. The quantitative estimate of drug-likeness (QED) is 0.521. The summed E-state index contributed by atoms with van der Waals surface area (Å²) < 4.78 is 5.92. The van der Waals surface area contributed by atoms with E-state index in [1.54, 1.807) is 31.2 Å². The highest BCUT2D eigenvalue weighted by atomic mass is 16.5. The number of nitrogens with zero attached hydrogens (tertiary/aromatic N) is 2. The lowest BCUT2D eigenvalue weighted by Crippen LogP contribution is -2.33. The van der Waals surface area contributed by atoms with Gasteiger partial charge in [0.1, 0.15) is 29.1 Å². The largest absolute Gasteiger partial charge is 0.457 e. The number of hydrogen-bond donors (Lipinski definition) is 3. The molecular weight excluding hydrogens is 406 g/mol. The van der Waals surface area contributed by atoms with Gasteiger partial charge in [0.2, 0.25) is 5.91 Å². The summed E-state index contributed by atoms with van der Waals surface area (Å²) in [5.41, 5.74) is 12.7. The van der Waals surface area contributed by atoms with Crippen LogP contribution in [-0.2, 0) is 10.2 Å². The lowest BCUT2D eigenvalue weighted by Gasteiger charge is -2.19. The van der Waals surface area contributed by atoms with Gasteiger partial charge < -0.3 is 21.5 Å². The summed E-state index contributed by atoms with van der Waals surface area (Å²) in [6.45, 7) is 8.07. The highest BCUT2D eigenvalue weighted by Gasteiger charge is 2.15. The molecule has 1 atom stereocenters. The Bertz CT molecular complexity index is 1120. The van der Waals surface area contributed by atoms with Crippen LogP contribution < -0.4 is 21.5 Å². The molecule has 8 heteroatoms. The van der Waals surface area contributed by atoms with Gasteiger partial charge in [-0.3, -0.25) is 9.59 Å². The Kier molecular flexibility index (Phi) is 6.43. The third-order valence-electron chi connectivity index (χ3n) is 4.84. The number of rotatable bonds is 7. The number of carbonyl (C=O) groups excluding carboxylic acids is 2. The van der Waals surface area contributed by atoms with Crippen molar-refractivity contribution in [3.8, 4) is 22.9 Å². The second-order valence-corrected chi connectivity index (χ2v) is 8.50. The van der Waals surface area contributed by atoms with Crippen LogP contribution in [-0.4, -0.2) is 27.8 Å². The number of benzene rings is 2. The number of nitrogens with two attached hydrogens (primary N) is 2. The molecule has 0 bridgehead atoms. The maximum atomic E-state index is 11.7. The minimum atomic E-state index is -0.706. The van der Waals surface area contributed by atoms with Gasteiger partial charge >= 0.3 is 0 Å². The molecule has 0 fully saturated rings. The van der Waals surface area contributed by atoms with Gasteiger partial charge in [0.15, 0.2) is 5.82 Å². The van der Waals surface area contributed by atoms with E-state index >= 15 is 0 Å². The fourth-order valence-corrected chi connectivity index (χ4v) is 2.90. The number of carbonyl (C=O) groups is 2. The first-order chi connectivity index (χ1) is 15.0. The van der Waals surface area contributed by atoms with Gasteiger partial charge in [0, 0.05) is 11.6 Å². The molecule has 0 aliphatic carbocycles. The Morgan fingerprint density at radius 2 is 1.50 bits per heavy atom. The minimum absolute atomic E-state index is 0.0217. The zero-order valence-electron chi connectivity index (χ0n) is 18.5. The van der Waals surface area contributed by atoms with E-state index in [0.717, 1.165) is 5.75 Å². The van der Waals surface area contributed by atoms with Gasteiger partial charge in [-0.05, 0) is 54.3 Å². The van der Waals surface area contributed by atoms with Gasteiger partial charge in [0.05, 0.1) is 0 Å². The smallest absolute Gasteiger partial charge is 0.267 e. The van der Waals surface area contributed by atoms with Crippen molar-refractivity contribution in [2.45, 2.75) is 39.2 Å². The Morgan fingerprint density at radius 3 is 2.00 bits per heavy atom. The molecule has 0 saturated heterocycles. The first kappa shape index (κ1) is 22.7. The van der Waals surface area contributed by atoms with Crippen LogP contribution in [0.3, 0.4) is 0 Å². The van der Waals surface area contributed by atoms with Crippen molar-refractivity contribution in [2.24, 2.45) is 11.5 Å². The zero-order chi connectivity index (χ0) is 23.5. The van der Waals surface area contributed by atoms with Crippen LogP contribution in [0.1, 0.15) is 43.7 Å². The van der Waals surface area contributed by atoms with Crippen LogP contribution in [0.5, 0.6) is 11.5 Å². The molecule has 2 amide bonds. The number of amides is 2. The Morgan fingerprint density at radius 1 is 0.938 bits per heavy atom. The molecule has 0 aliphatic rings. The SMILES string of the molecule is CC(Nc1cc(C(N)=O)nc(-c2ccc(Oc3ccc(C(C)(C)C)cc3)cc2)n1)C(N)=O. The second kappa shape index (κ2) is 9.05. The maximum Gasteiger partial charge on any atom is 0.267 e. The average molecular weight is 434 g/mol. The van der Waals surface area contributed by atoms with E-state index in [4.69, 9.17) is 16.2 Å². The van der Waals surface area contributed by atoms with Gasteiger partial charge in [-0.25, -0.2) is 9.97 Å². The third kappa shape index (κ3) is 5.60. The molecule has 3 aromatic rings. The molecule has 1 aromatic heterocycles. The molecule has 1 heterocycles. The molecule has 1 unspecified atom stereocenters. The van der Waals surface area contributed by atoms with Crippen molar-refractivity contribution < 1.29 is 14.3 Å². The Hall–Kier alpha value is -3.94. The standard InChI is InChI=1S/C24H27N5O3/c1-14(21(25)30)27-20-13-19(22(26)31)28-23(29-20)15-5-9-17(10-6-15)32-18-11-7-16(8-12-18)24(2,3)4/h5-14H,1-4H3,(H2,25,30)(H2,26,31)(H,27,28,29). The predicted molar refractivity (Wildman–Crippen MR) is 123 cm³/mol. The van der Waals surface area contributed by atoms with Crippen molar-refractivity contribution in [3.63, 3.8) is 0 Å². The van der Waals surface area contributed by atoms with Crippen LogP contribution in [0.25, 0.3) is 11.4 Å². The lowest BCUT2D eigenvalue weighted by molar-refractivity contribution is -0.118. The lowest BCUT2D eigenvalue weighted by atomic mass is 9.87. The molecule has 2 aromatic carbocycles. The van der Waals surface area contributed by atoms with E-state index in [2.05, 4.69) is 48.2 Å². The van der Waals surface area contributed by atoms with Crippen LogP contribution in [0, 0.1) is 0 Å². The van der Waals surface area contributed by atoms with Gasteiger partial charge in [-0.15, -0.1) is 0 Å². The summed E-state index contributed by atoms with van der Waals surface area (Å²) in [5.74, 6) is 0.662. The average Bonchev–Trinajstić information content (AvgIpc) is 2.73. The summed E-state index contributed by atoms with van der Waals surface area (Å²) in [7, 11) is 0. The van der Waals surface area contributed by atoms with Crippen LogP contribution in [0.4, 0.5) is 5.82 Å². The fraction of sp³-hybridized carbons (Fsp3) is 0.250. The fourth-order valence-electron chi connectivity index (χ4n) is 2.90. The molecule has 8 nitrogen and oxygen atoms in total. The number of anilines is 1. The second-order valence-electron chi connectivity index (χ2n) is 8.50. The van der Waals surface area contributed by atoms with E-state index in [9.17, 15) is 9.59 Å². The Labute approximate surface area is 187 Å². The number of nitrogens with one attached hydrogen (secondary N) is 1. The van der Waals surface area contributed by atoms with Gasteiger partial charge in [-0.2, -0.15) is 0 Å². The maximum absolute atomic E-state index is 11.7. The highest BCUT2D eigenvalue weighted by molar-refractivity contribution is 5.92. The number of ether oxygens (including phenoxy) is 1. The summed E-state index contributed by atoms with van der Waals surface area (Å²) in [6.07, 6.45) is 0. The number of hydrogen-bond acceptors (Lipinski definition) is 6. The molecular formula is C24H27N5O3. The number of primary amides is 2. The van der Waals surface area contributed by atoms with E-state index in [1.807, 2.05) is 12.1 Å². The van der Waals surface area contributed by atoms with Gasteiger partial charge in [0.25, 0.3) is 5.91 Å². The first-order valence-electron chi connectivity index (χ1n) is 10.2. The molecule has 166 valence electrons. The molecule has 0 spiro atoms. The molecule has 0 saturated carbocycles. The topological polar surface area (TPSA) is 133 Å². The Balaban J connectivity index is 1.82. The summed E-state index contributed by atoms with van der Waals surface area (Å²) in [5, 5.41) is 2.85. The molecule has 0 aliphatic heterocycles. The summed E-state index contributed by atoms with van der Waals surface area (Å²) in [4.78, 5) is 31.6.